The van der Waals surface area contributed by atoms with E-state index in [2.05, 4.69) is 15.8 Å². The van der Waals surface area contributed by atoms with Gasteiger partial charge in [0.2, 0.25) is 0 Å². The van der Waals surface area contributed by atoms with Crippen molar-refractivity contribution in [3.05, 3.63) is 66.1 Å². The molecule has 2 heterocycles. The molecule has 0 aliphatic carbocycles. The maximum absolute atomic E-state index is 12.3. The Morgan fingerprint density at radius 1 is 1.05 bits per heavy atom. The number of hydrazine groups is 1. The maximum Gasteiger partial charge on any atom is 0.271 e. The second kappa shape index (κ2) is 5.69. The molecule has 1 aromatic carbocycles. The zero-order valence-electron chi connectivity index (χ0n) is 11.9. The molecule has 0 aliphatic heterocycles. The van der Waals surface area contributed by atoms with Crippen LogP contribution in [0.3, 0.4) is 0 Å². The van der Waals surface area contributed by atoms with E-state index in [4.69, 9.17) is 0 Å². The lowest BCUT2D eigenvalue weighted by molar-refractivity contribution is 0.0847. The predicted molar refractivity (Wildman–Crippen MR) is 82.1 cm³/mol. The van der Waals surface area contributed by atoms with E-state index in [-0.39, 0.29) is 5.91 Å². The Kier molecular flexibility index (Phi) is 3.57. The van der Waals surface area contributed by atoms with Gasteiger partial charge in [-0.3, -0.25) is 25.4 Å². The SMILES string of the molecule is Cn1cc(C(=O)NNC(=O)c2cccnc2)c2ccccc21. The van der Waals surface area contributed by atoms with Gasteiger partial charge < -0.3 is 4.57 Å². The third kappa shape index (κ3) is 2.54. The molecule has 0 aliphatic rings. The number of hydrogen-bond donors (Lipinski definition) is 2. The first-order chi connectivity index (χ1) is 10.7. The van der Waals surface area contributed by atoms with Gasteiger partial charge in [-0.05, 0) is 18.2 Å². The van der Waals surface area contributed by atoms with Crippen LogP contribution in [0.5, 0.6) is 0 Å². The summed E-state index contributed by atoms with van der Waals surface area (Å²) in [5, 5.41) is 0.832. The molecule has 0 unspecified atom stereocenters. The molecule has 0 radical (unpaired) electrons. The summed E-state index contributed by atoms with van der Waals surface area (Å²) in [4.78, 5) is 28.0. The molecule has 6 nitrogen and oxygen atoms in total. The maximum atomic E-state index is 12.3. The number of carbonyl (C=O) groups is 2. The van der Waals surface area contributed by atoms with Gasteiger partial charge in [0.15, 0.2) is 0 Å². The van der Waals surface area contributed by atoms with Crippen LogP contribution in [0, 0.1) is 0 Å². The Labute approximate surface area is 126 Å². The molecule has 0 atom stereocenters. The standard InChI is InChI=1S/C16H14N4O2/c1-20-10-13(12-6-2-3-7-14(12)20)16(22)19-18-15(21)11-5-4-8-17-9-11/h2-10H,1H3,(H,18,21)(H,19,22). The van der Waals surface area contributed by atoms with E-state index in [1.165, 1.54) is 6.20 Å². The molecule has 0 fully saturated rings. The Morgan fingerprint density at radius 2 is 1.82 bits per heavy atom. The van der Waals surface area contributed by atoms with Crippen molar-refractivity contribution < 1.29 is 9.59 Å². The first kappa shape index (κ1) is 13.8. The van der Waals surface area contributed by atoms with Crippen LogP contribution in [-0.4, -0.2) is 21.4 Å². The second-order valence-corrected chi connectivity index (χ2v) is 4.82. The highest BCUT2D eigenvalue weighted by Gasteiger charge is 2.14. The molecule has 3 aromatic rings. The van der Waals surface area contributed by atoms with E-state index in [0.717, 1.165) is 10.9 Å². The molecule has 22 heavy (non-hydrogen) atoms. The molecule has 0 bridgehead atoms. The largest absolute Gasteiger partial charge is 0.350 e. The topological polar surface area (TPSA) is 76.0 Å². The fourth-order valence-electron chi connectivity index (χ4n) is 2.27. The van der Waals surface area contributed by atoms with Crippen molar-refractivity contribution >= 4 is 22.7 Å². The van der Waals surface area contributed by atoms with Crippen molar-refractivity contribution in [1.82, 2.24) is 20.4 Å². The third-order valence-electron chi connectivity index (χ3n) is 3.35. The number of fused-ring (bicyclic) bond motifs is 1. The van der Waals surface area contributed by atoms with Crippen molar-refractivity contribution in [1.29, 1.82) is 0 Å². The molecule has 2 amide bonds. The molecule has 6 heteroatoms. The quantitative estimate of drug-likeness (QED) is 0.706. The second-order valence-electron chi connectivity index (χ2n) is 4.82. The van der Waals surface area contributed by atoms with Crippen molar-refractivity contribution in [3.63, 3.8) is 0 Å². The van der Waals surface area contributed by atoms with Gasteiger partial charge in [0.05, 0.1) is 11.1 Å². The number of nitrogens with zero attached hydrogens (tertiary/aromatic N) is 2. The number of pyridine rings is 1. The highest BCUT2D eigenvalue weighted by molar-refractivity contribution is 6.07. The lowest BCUT2D eigenvalue weighted by Crippen LogP contribution is -2.41. The van der Waals surface area contributed by atoms with Gasteiger partial charge in [-0.25, -0.2) is 0 Å². The molecule has 2 N–H and O–H groups in total. The molecular weight excluding hydrogens is 280 g/mol. The molecular formula is C16H14N4O2. The third-order valence-corrected chi connectivity index (χ3v) is 3.35. The van der Waals surface area contributed by atoms with Crippen molar-refractivity contribution in [2.75, 3.05) is 0 Å². The summed E-state index contributed by atoms with van der Waals surface area (Å²) in [5.41, 5.74) is 6.64. The minimum Gasteiger partial charge on any atom is -0.350 e. The van der Waals surface area contributed by atoms with E-state index in [1.54, 1.807) is 24.5 Å². The van der Waals surface area contributed by atoms with Gasteiger partial charge in [-0.2, -0.15) is 0 Å². The van der Waals surface area contributed by atoms with Crippen LogP contribution in [0.2, 0.25) is 0 Å². The Morgan fingerprint density at radius 3 is 2.59 bits per heavy atom. The number of hydrogen-bond acceptors (Lipinski definition) is 3. The van der Waals surface area contributed by atoms with Gasteiger partial charge in [0, 0.05) is 36.5 Å². The molecule has 2 aromatic heterocycles. The van der Waals surface area contributed by atoms with Gasteiger partial charge in [-0.1, -0.05) is 18.2 Å². The summed E-state index contributed by atoms with van der Waals surface area (Å²) in [6, 6.07) is 10.9. The van der Waals surface area contributed by atoms with Crippen LogP contribution in [0.4, 0.5) is 0 Å². The lowest BCUT2D eigenvalue weighted by atomic mass is 10.2. The number of aromatic nitrogens is 2. The van der Waals surface area contributed by atoms with Crippen LogP contribution in [0.25, 0.3) is 10.9 Å². The predicted octanol–water partition coefficient (Wildman–Crippen LogP) is 1.65. The Bertz CT molecular complexity index is 840. The van der Waals surface area contributed by atoms with Gasteiger partial charge in [0.25, 0.3) is 11.8 Å². The number of carbonyl (C=O) groups excluding carboxylic acids is 2. The number of benzene rings is 1. The minimum absolute atomic E-state index is 0.367. The summed E-state index contributed by atoms with van der Waals surface area (Å²) >= 11 is 0. The highest BCUT2D eigenvalue weighted by atomic mass is 16.2. The van der Waals surface area contributed by atoms with E-state index < -0.39 is 5.91 Å². The first-order valence-electron chi connectivity index (χ1n) is 6.71. The number of aryl methyl sites for hydroxylation is 1. The molecule has 3 rings (SSSR count). The van der Waals surface area contributed by atoms with E-state index in [9.17, 15) is 9.59 Å². The van der Waals surface area contributed by atoms with E-state index in [0.29, 0.717) is 11.1 Å². The van der Waals surface area contributed by atoms with E-state index >= 15 is 0 Å². The van der Waals surface area contributed by atoms with Crippen molar-refractivity contribution in [3.8, 4) is 0 Å². The van der Waals surface area contributed by atoms with Gasteiger partial charge in [0.1, 0.15) is 0 Å². The number of rotatable bonds is 2. The average molecular weight is 294 g/mol. The summed E-state index contributed by atoms with van der Waals surface area (Å²) in [6.07, 6.45) is 4.74. The minimum atomic E-state index is -0.415. The fourth-order valence-corrected chi connectivity index (χ4v) is 2.27. The smallest absolute Gasteiger partial charge is 0.271 e. The van der Waals surface area contributed by atoms with Gasteiger partial charge >= 0.3 is 0 Å². The molecule has 0 saturated carbocycles. The summed E-state index contributed by atoms with van der Waals surface area (Å²) in [7, 11) is 1.87. The Hall–Kier alpha value is -3.15. The van der Waals surface area contributed by atoms with Crippen LogP contribution in [0.15, 0.2) is 55.0 Å². The van der Waals surface area contributed by atoms with E-state index in [1.807, 2.05) is 35.9 Å². The van der Waals surface area contributed by atoms with Crippen LogP contribution in [-0.2, 0) is 7.05 Å². The normalized spacial score (nSPS) is 10.4. The lowest BCUT2D eigenvalue weighted by Gasteiger charge is -2.06. The fraction of sp³-hybridized carbons (Fsp3) is 0.0625. The highest BCUT2D eigenvalue weighted by Crippen LogP contribution is 2.19. The van der Waals surface area contributed by atoms with Crippen molar-refractivity contribution in [2.45, 2.75) is 0 Å². The van der Waals surface area contributed by atoms with Crippen molar-refractivity contribution in [2.24, 2.45) is 7.05 Å². The summed E-state index contributed by atoms with van der Waals surface area (Å²) in [5.74, 6) is -0.782. The summed E-state index contributed by atoms with van der Waals surface area (Å²) < 4.78 is 1.87. The Balaban J connectivity index is 1.76. The van der Waals surface area contributed by atoms with Gasteiger partial charge in [-0.15, -0.1) is 0 Å². The zero-order chi connectivity index (χ0) is 15.5. The average Bonchev–Trinajstić information content (AvgIpc) is 2.91. The molecule has 0 saturated heterocycles. The number of amides is 2. The number of nitrogens with one attached hydrogen (secondary N) is 2. The number of para-hydroxylation sites is 1. The summed E-state index contributed by atoms with van der Waals surface area (Å²) in [6.45, 7) is 0. The van der Waals surface area contributed by atoms with Crippen LogP contribution in [0.1, 0.15) is 20.7 Å². The first-order valence-corrected chi connectivity index (χ1v) is 6.71. The molecule has 0 spiro atoms. The van der Waals surface area contributed by atoms with Crippen LogP contribution < -0.4 is 10.9 Å². The molecule has 110 valence electrons. The van der Waals surface area contributed by atoms with Crippen LogP contribution >= 0.6 is 0 Å². The zero-order valence-corrected chi connectivity index (χ0v) is 11.9. The monoisotopic (exact) mass is 294 g/mol.